The van der Waals surface area contributed by atoms with Gasteiger partial charge in [0.1, 0.15) is 12.4 Å². The largest absolute Gasteiger partial charge is 0.460 e. The van der Waals surface area contributed by atoms with Gasteiger partial charge in [0.2, 0.25) is 0 Å². The molecule has 0 spiro atoms. The Hall–Kier alpha value is -2.73. The van der Waals surface area contributed by atoms with Crippen molar-refractivity contribution in [1.82, 2.24) is 0 Å². The van der Waals surface area contributed by atoms with Gasteiger partial charge in [0.25, 0.3) is 0 Å². The van der Waals surface area contributed by atoms with Gasteiger partial charge in [0.05, 0.1) is 12.0 Å². The zero-order chi connectivity index (χ0) is 24.6. The molecule has 6 heteroatoms. The monoisotopic (exact) mass is 483 g/mol. The van der Waals surface area contributed by atoms with Crippen molar-refractivity contribution in [2.24, 2.45) is 11.1 Å². The van der Waals surface area contributed by atoms with E-state index in [9.17, 15) is 9.18 Å². The van der Waals surface area contributed by atoms with Crippen LogP contribution in [0.15, 0.2) is 72.8 Å². The molecule has 0 aromatic heterocycles. The van der Waals surface area contributed by atoms with Crippen LogP contribution in [0, 0.1) is 11.2 Å². The summed E-state index contributed by atoms with van der Waals surface area (Å²) in [4.78, 5) is 13.0. The first-order valence-electron chi connectivity index (χ1n) is 11.4. The lowest BCUT2D eigenvalue weighted by Gasteiger charge is -2.30. The molecule has 2 N–H and O–H groups in total. The summed E-state index contributed by atoms with van der Waals surface area (Å²) < 4.78 is 25.4. The topological polar surface area (TPSA) is 61.5 Å². The zero-order valence-electron chi connectivity index (χ0n) is 19.6. The highest BCUT2D eigenvalue weighted by Gasteiger charge is 2.37. The Bertz CT molecular complexity index is 1070. The Balaban J connectivity index is 1.64. The molecule has 34 heavy (non-hydrogen) atoms. The van der Waals surface area contributed by atoms with Gasteiger partial charge in [-0.15, -0.1) is 0 Å². The van der Waals surface area contributed by atoms with Crippen LogP contribution >= 0.6 is 11.6 Å². The predicted molar refractivity (Wildman–Crippen MR) is 134 cm³/mol. The third kappa shape index (κ3) is 7.13. The number of benzene rings is 3. The second-order valence-corrected chi connectivity index (χ2v) is 9.19. The molecule has 0 saturated heterocycles. The maximum atomic E-state index is 14.2. The molecule has 4 nitrogen and oxygen atoms in total. The highest BCUT2D eigenvalue weighted by molar-refractivity contribution is 6.30. The number of rotatable bonds is 11. The highest BCUT2D eigenvalue weighted by atomic mass is 35.5. The van der Waals surface area contributed by atoms with Crippen molar-refractivity contribution in [2.45, 2.75) is 39.3 Å². The van der Waals surface area contributed by atoms with E-state index in [2.05, 4.69) is 0 Å². The summed E-state index contributed by atoms with van der Waals surface area (Å²) in [6.07, 6.45) is 0.970. The average Bonchev–Trinajstić information content (AvgIpc) is 2.84. The fraction of sp³-hybridized carbons (Fsp3) is 0.321. The van der Waals surface area contributed by atoms with Crippen LogP contribution in [-0.2, 0) is 27.3 Å². The number of carbonyl (C=O) groups excluding carboxylic acids is 1. The van der Waals surface area contributed by atoms with E-state index in [-0.39, 0.29) is 31.0 Å². The van der Waals surface area contributed by atoms with Crippen molar-refractivity contribution in [2.75, 3.05) is 13.2 Å². The van der Waals surface area contributed by atoms with Gasteiger partial charge < -0.3 is 15.2 Å². The molecule has 0 aliphatic rings. The fourth-order valence-electron chi connectivity index (χ4n) is 3.92. The minimum absolute atomic E-state index is 0.206. The predicted octanol–water partition coefficient (Wildman–Crippen LogP) is 6.19. The molecule has 0 bridgehead atoms. The molecule has 2 atom stereocenters. The Morgan fingerprint density at radius 1 is 1.06 bits per heavy atom. The van der Waals surface area contributed by atoms with E-state index in [0.717, 1.165) is 16.7 Å². The quantitative estimate of drug-likeness (QED) is 0.330. The SMILES string of the molecule is CCOC[C@](C)(C[C@H](N)Cc1ccc(-c2cc(Cl)ccc2F)cc1)C(=O)OCc1ccccc1. The molecule has 3 aromatic carbocycles. The standard InChI is InChI=1S/C28H31ClFNO3/c1-3-33-19-28(2,27(32)34-18-21-7-5-4-6-8-21)17-24(31)15-20-9-11-22(12-10-20)25-16-23(29)13-14-26(25)30/h4-14,16,24H,3,15,17-19,31H2,1-2H3/t24-,28+/m1/s1. The van der Waals surface area contributed by atoms with Crippen LogP contribution in [0.2, 0.25) is 5.02 Å². The number of hydrogen-bond donors (Lipinski definition) is 1. The summed E-state index contributed by atoms with van der Waals surface area (Å²) in [7, 11) is 0. The van der Waals surface area contributed by atoms with E-state index >= 15 is 0 Å². The molecule has 0 saturated carbocycles. The molecular formula is C28H31ClFNO3. The molecule has 180 valence electrons. The number of halogens is 2. The van der Waals surface area contributed by atoms with E-state index in [4.69, 9.17) is 26.8 Å². The minimum atomic E-state index is -0.867. The van der Waals surface area contributed by atoms with Gasteiger partial charge in [-0.25, -0.2) is 4.39 Å². The van der Waals surface area contributed by atoms with Crippen LogP contribution in [0.1, 0.15) is 31.4 Å². The fourth-order valence-corrected chi connectivity index (χ4v) is 4.09. The zero-order valence-corrected chi connectivity index (χ0v) is 20.4. The van der Waals surface area contributed by atoms with Gasteiger partial charge in [0, 0.05) is 23.2 Å². The lowest BCUT2D eigenvalue weighted by atomic mass is 9.82. The van der Waals surface area contributed by atoms with Crippen molar-refractivity contribution in [3.05, 3.63) is 94.8 Å². The molecule has 0 amide bonds. The Kier molecular flexibility index (Phi) is 9.22. The second kappa shape index (κ2) is 12.1. The third-order valence-electron chi connectivity index (χ3n) is 5.73. The molecule has 0 fully saturated rings. The van der Waals surface area contributed by atoms with Crippen LogP contribution in [0.5, 0.6) is 0 Å². The van der Waals surface area contributed by atoms with Gasteiger partial charge in [-0.1, -0.05) is 66.2 Å². The van der Waals surface area contributed by atoms with Crippen LogP contribution < -0.4 is 5.73 Å². The molecule has 0 heterocycles. The Morgan fingerprint density at radius 2 is 1.76 bits per heavy atom. The summed E-state index contributed by atoms with van der Waals surface area (Å²) in [6, 6.07) is 21.3. The van der Waals surface area contributed by atoms with Crippen LogP contribution in [0.3, 0.4) is 0 Å². The lowest BCUT2D eigenvalue weighted by Crippen LogP contribution is -2.41. The van der Waals surface area contributed by atoms with Crippen molar-refractivity contribution in [1.29, 1.82) is 0 Å². The summed E-state index contributed by atoms with van der Waals surface area (Å²) in [5, 5.41) is 0.482. The van der Waals surface area contributed by atoms with Gasteiger partial charge in [-0.3, -0.25) is 4.79 Å². The lowest BCUT2D eigenvalue weighted by molar-refractivity contribution is -0.161. The second-order valence-electron chi connectivity index (χ2n) is 8.75. The van der Waals surface area contributed by atoms with Gasteiger partial charge in [-0.2, -0.15) is 0 Å². The smallest absolute Gasteiger partial charge is 0.314 e. The van der Waals surface area contributed by atoms with Crippen LogP contribution in [0.4, 0.5) is 4.39 Å². The van der Waals surface area contributed by atoms with Crippen LogP contribution in [-0.4, -0.2) is 25.2 Å². The van der Waals surface area contributed by atoms with Crippen molar-refractivity contribution in [3.8, 4) is 11.1 Å². The third-order valence-corrected chi connectivity index (χ3v) is 5.97. The van der Waals surface area contributed by atoms with E-state index < -0.39 is 5.41 Å². The maximum absolute atomic E-state index is 14.2. The first-order chi connectivity index (χ1) is 16.3. The Morgan fingerprint density at radius 3 is 2.44 bits per heavy atom. The Labute approximate surface area is 205 Å². The van der Waals surface area contributed by atoms with Crippen molar-refractivity contribution >= 4 is 17.6 Å². The van der Waals surface area contributed by atoms with Crippen molar-refractivity contribution in [3.63, 3.8) is 0 Å². The molecule has 3 aromatic rings. The van der Waals surface area contributed by atoms with Crippen LogP contribution in [0.25, 0.3) is 11.1 Å². The van der Waals surface area contributed by atoms with Gasteiger partial charge >= 0.3 is 5.97 Å². The summed E-state index contributed by atoms with van der Waals surface area (Å²) in [5.41, 5.74) is 8.71. The molecule has 0 aliphatic heterocycles. The van der Waals surface area contributed by atoms with E-state index in [1.165, 1.54) is 12.1 Å². The summed E-state index contributed by atoms with van der Waals surface area (Å²) in [6.45, 7) is 4.66. The summed E-state index contributed by atoms with van der Waals surface area (Å²) >= 11 is 6.02. The number of hydrogen-bond acceptors (Lipinski definition) is 4. The number of carbonyl (C=O) groups is 1. The van der Waals surface area contributed by atoms with Gasteiger partial charge in [0.15, 0.2) is 0 Å². The molecule has 0 unspecified atom stereocenters. The normalized spacial score (nSPS) is 13.8. The summed E-state index contributed by atoms with van der Waals surface area (Å²) in [5.74, 6) is -0.651. The number of ether oxygens (including phenoxy) is 2. The van der Waals surface area contributed by atoms with E-state index in [0.29, 0.717) is 30.0 Å². The first kappa shape index (κ1) is 25.9. The number of nitrogens with two attached hydrogens (primary N) is 1. The maximum Gasteiger partial charge on any atom is 0.314 e. The average molecular weight is 484 g/mol. The molecule has 0 aliphatic carbocycles. The number of esters is 1. The van der Waals surface area contributed by atoms with E-state index in [1.54, 1.807) is 6.07 Å². The molecule has 3 rings (SSSR count). The van der Waals surface area contributed by atoms with Crippen molar-refractivity contribution < 1.29 is 18.7 Å². The van der Waals surface area contributed by atoms with E-state index in [1.807, 2.05) is 68.4 Å². The minimum Gasteiger partial charge on any atom is -0.460 e. The highest BCUT2D eigenvalue weighted by Crippen LogP contribution is 2.29. The van der Waals surface area contributed by atoms with Gasteiger partial charge in [-0.05, 0) is 61.6 Å². The first-order valence-corrected chi connectivity index (χ1v) is 11.8. The molecule has 0 radical (unpaired) electrons. The molecular weight excluding hydrogens is 453 g/mol.